The van der Waals surface area contributed by atoms with Crippen LogP contribution in [0.1, 0.15) is 180 Å². The molecule has 110 heavy (non-hydrogen) atoms. The zero-order valence-corrected chi connectivity index (χ0v) is 66.0. The molecule has 3 fully saturated rings. The Bertz CT molecular complexity index is 4380. The van der Waals surface area contributed by atoms with E-state index in [0.29, 0.717) is 74.0 Å². The number of carbonyl (C=O) groups excluding carboxylic acids is 3. The molecule has 580 valence electrons. The van der Waals surface area contributed by atoms with Crippen LogP contribution in [0, 0.1) is 20.8 Å². The zero-order chi connectivity index (χ0) is 76.3. The van der Waals surface area contributed by atoms with Crippen LogP contribution in [0.5, 0.6) is 0 Å². The highest BCUT2D eigenvalue weighted by Gasteiger charge is 2.39. The number of aromatic nitrogens is 9. The number of imidazole rings is 3. The topological polar surface area (TPSA) is 190 Å². The van der Waals surface area contributed by atoms with Gasteiger partial charge in [0, 0.05) is 186 Å². The number of rotatable bonds is 9. The van der Waals surface area contributed by atoms with Crippen molar-refractivity contribution in [2.45, 2.75) is 153 Å². The summed E-state index contributed by atoms with van der Waals surface area (Å²) in [6.07, 6.45) is 23.0. The van der Waals surface area contributed by atoms with Gasteiger partial charge in [-0.1, -0.05) is 86.1 Å². The fraction of sp³-hybridized carbons (Fsp3) is 0.407. The standard InChI is InChI=1S/3C28H32ClN5O2.2CH4/c3*1-19-30-10-11-34(19)18-21-16-20-17-22(29)7-8-24(20)26(25-23(21)6-5-9-31-25)32-12-14-33(15-13-32)27(35)36-28(2,3)4;;/h3*5-11,16-17,26H,12-15,18H2,1-4H3;2*1H4. The van der Waals surface area contributed by atoms with E-state index in [1.165, 1.54) is 16.7 Å². The fourth-order valence-electron chi connectivity index (χ4n) is 14.9. The second-order valence-electron chi connectivity index (χ2n) is 31.2. The molecule has 3 aliphatic heterocycles. The van der Waals surface area contributed by atoms with Crippen LogP contribution in [0.25, 0.3) is 34.9 Å². The summed E-state index contributed by atoms with van der Waals surface area (Å²) in [7, 11) is 0. The van der Waals surface area contributed by atoms with Gasteiger partial charge in [0.25, 0.3) is 0 Å². The van der Waals surface area contributed by atoms with Gasteiger partial charge >= 0.3 is 18.3 Å². The van der Waals surface area contributed by atoms with Crippen LogP contribution in [-0.2, 0) is 33.8 Å². The number of piperazine rings is 3. The monoisotopic (exact) mass is 1550 g/mol. The number of pyridine rings is 3. The molecule has 3 aliphatic carbocycles. The maximum Gasteiger partial charge on any atom is 0.410 e. The first kappa shape index (κ1) is 81.5. The smallest absolute Gasteiger partial charge is 0.410 e. The van der Waals surface area contributed by atoms with E-state index in [1.807, 2.05) is 193 Å². The molecule has 0 spiro atoms. The van der Waals surface area contributed by atoms with Crippen LogP contribution < -0.4 is 0 Å². The zero-order valence-electron chi connectivity index (χ0n) is 63.7. The summed E-state index contributed by atoms with van der Waals surface area (Å²) in [6, 6.07) is 30.6. The number of fused-ring (bicyclic) bond motifs is 6. The van der Waals surface area contributed by atoms with Crippen molar-refractivity contribution in [1.82, 2.24) is 73.0 Å². The van der Waals surface area contributed by atoms with Crippen molar-refractivity contribution in [3.8, 4) is 0 Å². The quantitative estimate of drug-likeness (QED) is 0.124. The molecule has 15 rings (SSSR count). The molecule has 3 aromatic carbocycles. The van der Waals surface area contributed by atoms with Gasteiger partial charge in [0.1, 0.15) is 34.3 Å². The molecular formula is C86H104Cl3N15O6. The second-order valence-corrected chi connectivity index (χ2v) is 32.5. The van der Waals surface area contributed by atoms with E-state index in [1.54, 1.807) is 14.7 Å². The van der Waals surface area contributed by atoms with E-state index in [0.717, 1.165) is 124 Å². The van der Waals surface area contributed by atoms with E-state index in [2.05, 4.69) is 98.0 Å². The van der Waals surface area contributed by atoms with Gasteiger partial charge in [-0.2, -0.15) is 0 Å². The molecule has 6 aliphatic rings. The lowest BCUT2D eigenvalue weighted by molar-refractivity contribution is 0.0109. The van der Waals surface area contributed by atoms with Crippen LogP contribution in [0.4, 0.5) is 14.4 Å². The number of allylic oxidation sites excluding steroid dienone is 3. The fourth-order valence-corrected chi connectivity index (χ4v) is 15.5. The third-order valence-electron chi connectivity index (χ3n) is 20.1. The molecule has 3 unspecified atom stereocenters. The van der Waals surface area contributed by atoms with Crippen molar-refractivity contribution in [2.24, 2.45) is 0 Å². The van der Waals surface area contributed by atoms with Gasteiger partial charge in [0.05, 0.1) is 35.2 Å². The minimum atomic E-state index is -0.508. The van der Waals surface area contributed by atoms with Gasteiger partial charge in [0.2, 0.25) is 0 Å². The molecule has 9 heterocycles. The number of halogens is 3. The van der Waals surface area contributed by atoms with Gasteiger partial charge in [-0.25, -0.2) is 29.3 Å². The highest BCUT2D eigenvalue weighted by atomic mass is 35.5. The van der Waals surface area contributed by atoms with Crippen molar-refractivity contribution in [1.29, 1.82) is 0 Å². The Balaban J connectivity index is 0.000000162. The molecule has 24 heteroatoms. The minimum absolute atomic E-state index is 0. The molecule has 21 nitrogen and oxygen atoms in total. The molecule has 3 saturated heterocycles. The summed E-state index contributed by atoms with van der Waals surface area (Å²) in [5.41, 5.74) is 15.2. The van der Waals surface area contributed by atoms with E-state index >= 15 is 0 Å². The summed E-state index contributed by atoms with van der Waals surface area (Å²) < 4.78 is 23.2. The lowest BCUT2D eigenvalue weighted by atomic mass is 9.95. The molecule has 6 aromatic heterocycles. The van der Waals surface area contributed by atoms with Crippen molar-refractivity contribution >= 4 is 88.0 Å². The number of ether oxygens (including phenoxy) is 3. The largest absolute Gasteiger partial charge is 0.444 e. The van der Waals surface area contributed by atoms with E-state index in [-0.39, 0.29) is 51.3 Å². The maximum atomic E-state index is 12.7. The Morgan fingerprint density at radius 2 is 0.627 bits per heavy atom. The molecule has 9 aromatic rings. The van der Waals surface area contributed by atoms with Gasteiger partial charge in [0.15, 0.2) is 0 Å². The minimum Gasteiger partial charge on any atom is -0.444 e. The highest BCUT2D eigenvalue weighted by Crippen LogP contribution is 2.45. The lowest BCUT2D eigenvalue weighted by Gasteiger charge is -2.40. The van der Waals surface area contributed by atoms with Crippen molar-refractivity contribution in [3.05, 3.63) is 246 Å². The molecule has 3 amide bonds. The van der Waals surface area contributed by atoms with Crippen molar-refractivity contribution < 1.29 is 28.6 Å². The van der Waals surface area contributed by atoms with Gasteiger partial charge in [-0.05, 0) is 206 Å². The molecular weight excluding hydrogens is 1450 g/mol. The number of carbonyl (C=O) groups is 3. The molecule has 0 saturated carbocycles. The second kappa shape index (κ2) is 34.4. The molecule has 0 radical (unpaired) electrons. The Labute approximate surface area is 663 Å². The first-order valence-electron chi connectivity index (χ1n) is 37.0. The Hall–Kier alpha value is -9.48. The number of hydrogen-bond acceptors (Lipinski definition) is 15. The van der Waals surface area contributed by atoms with Crippen LogP contribution in [0.3, 0.4) is 0 Å². The van der Waals surface area contributed by atoms with Crippen LogP contribution in [0.15, 0.2) is 147 Å². The van der Waals surface area contributed by atoms with Crippen molar-refractivity contribution in [3.63, 3.8) is 0 Å². The van der Waals surface area contributed by atoms with E-state index in [9.17, 15) is 14.4 Å². The Morgan fingerprint density at radius 1 is 0.373 bits per heavy atom. The predicted molar refractivity (Wildman–Crippen MR) is 439 cm³/mol. The number of benzene rings is 3. The SMILES string of the molecule is C.C.Cc1nccn1CC1=Cc2cc(Cl)ccc2C(N2CCN(C(=O)OC(C)(C)C)CC2)c2ncccc21.Cc1nccn1CC1=Cc2cc(Cl)ccc2C(N2CCN(C(=O)OC(C)(C)C)CC2)c2ncccc21.Cc1nccn1CC1=Cc2cc(Cl)ccc2C(N2CCN(C(=O)OC(C)(C)C)CC2)c2ncccc21. The lowest BCUT2D eigenvalue weighted by Crippen LogP contribution is -2.51. The first-order valence-corrected chi connectivity index (χ1v) is 38.2. The Kier molecular flexibility index (Phi) is 25.5. The number of nitrogens with zero attached hydrogens (tertiary/aromatic N) is 15. The normalized spacial score (nSPS) is 17.9. The first-order chi connectivity index (χ1) is 51.6. The summed E-state index contributed by atoms with van der Waals surface area (Å²) in [5, 5.41) is 2.11. The van der Waals surface area contributed by atoms with Crippen molar-refractivity contribution in [2.75, 3.05) is 78.5 Å². The average molecular weight is 1550 g/mol. The third-order valence-corrected chi connectivity index (χ3v) is 20.8. The molecule has 3 atom stereocenters. The number of hydrogen-bond donors (Lipinski definition) is 0. The summed E-state index contributed by atoms with van der Waals surface area (Å²) >= 11 is 19.4. The van der Waals surface area contributed by atoms with Gasteiger partial charge in [-0.3, -0.25) is 29.7 Å². The third kappa shape index (κ3) is 19.1. The Morgan fingerprint density at radius 3 is 0.855 bits per heavy atom. The summed E-state index contributed by atoms with van der Waals surface area (Å²) in [4.78, 5) is 78.5. The van der Waals surface area contributed by atoms with Gasteiger partial charge < -0.3 is 42.6 Å². The van der Waals surface area contributed by atoms with E-state index in [4.69, 9.17) is 64.0 Å². The van der Waals surface area contributed by atoms with Crippen LogP contribution in [-0.4, -0.2) is 187 Å². The number of aryl methyl sites for hydroxylation is 3. The average Bonchev–Trinajstić information content (AvgIpc) is 1.57. The van der Waals surface area contributed by atoms with E-state index < -0.39 is 16.8 Å². The number of amides is 3. The predicted octanol–water partition coefficient (Wildman–Crippen LogP) is 17.6. The van der Waals surface area contributed by atoms with Gasteiger partial charge in [-0.15, -0.1) is 0 Å². The highest BCUT2D eigenvalue weighted by molar-refractivity contribution is 6.31. The maximum absolute atomic E-state index is 12.7. The summed E-state index contributed by atoms with van der Waals surface area (Å²) in [6.45, 7) is 33.1. The molecule has 0 N–H and O–H groups in total. The van der Waals surface area contributed by atoms with Crippen LogP contribution in [0.2, 0.25) is 15.1 Å². The molecule has 0 bridgehead atoms. The van der Waals surface area contributed by atoms with Crippen LogP contribution >= 0.6 is 34.8 Å². The summed E-state index contributed by atoms with van der Waals surface area (Å²) in [5.74, 6) is 2.89.